The number of carbonyl (C=O) groups is 2. The molecule has 3 amide bonds. The molecule has 1 saturated heterocycles. The number of piperidine rings is 1. The highest BCUT2D eigenvalue weighted by Crippen LogP contribution is 2.34. The van der Waals surface area contributed by atoms with Crippen LogP contribution in [0.2, 0.25) is 0 Å². The van der Waals surface area contributed by atoms with Gasteiger partial charge >= 0.3 is 12.2 Å². The lowest BCUT2D eigenvalue weighted by Crippen LogP contribution is -2.43. The number of urea groups is 1. The lowest BCUT2D eigenvalue weighted by Gasteiger charge is -2.30. The van der Waals surface area contributed by atoms with Crippen molar-refractivity contribution in [2.75, 3.05) is 18.4 Å². The van der Waals surface area contributed by atoms with Crippen LogP contribution in [0.3, 0.4) is 0 Å². The summed E-state index contributed by atoms with van der Waals surface area (Å²) in [4.78, 5) is 24.5. The second kappa shape index (κ2) is 6.25. The van der Waals surface area contributed by atoms with Crippen LogP contribution >= 0.6 is 0 Å². The van der Waals surface area contributed by atoms with Gasteiger partial charge in [0.1, 0.15) is 0 Å². The Hall–Kier alpha value is -2.25. The number of nitrogens with zero attached hydrogens (tertiary/aromatic N) is 1. The fourth-order valence-corrected chi connectivity index (χ4v) is 2.40. The Labute approximate surface area is 125 Å². The molecule has 0 aliphatic carbocycles. The zero-order valence-electron chi connectivity index (χ0n) is 11.7. The maximum atomic E-state index is 12.9. The van der Waals surface area contributed by atoms with Gasteiger partial charge in [-0.15, -0.1) is 0 Å². The van der Waals surface area contributed by atoms with Crippen molar-refractivity contribution >= 4 is 17.6 Å². The van der Waals surface area contributed by atoms with E-state index in [-0.39, 0.29) is 24.7 Å². The third-order valence-electron chi connectivity index (χ3n) is 3.66. The molecule has 3 N–H and O–H groups in total. The van der Waals surface area contributed by atoms with Gasteiger partial charge < -0.3 is 16.0 Å². The summed E-state index contributed by atoms with van der Waals surface area (Å²) in [5.41, 5.74) is 4.02. The smallest absolute Gasteiger partial charge is 0.369 e. The molecule has 0 radical (unpaired) electrons. The van der Waals surface area contributed by atoms with Crippen LogP contribution in [0.4, 0.5) is 23.7 Å². The van der Waals surface area contributed by atoms with E-state index in [2.05, 4.69) is 5.32 Å². The van der Waals surface area contributed by atoms with Gasteiger partial charge in [-0.1, -0.05) is 12.1 Å². The lowest BCUT2D eigenvalue weighted by atomic mass is 9.96. The van der Waals surface area contributed by atoms with E-state index in [9.17, 15) is 22.8 Å². The van der Waals surface area contributed by atoms with Gasteiger partial charge in [-0.05, 0) is 25.0 Å². The van der Waals surface area contributed by atoms with Crippen molar-refractivity contribution in [3.63, 3.8) is 0 Å². The number of para-hydroxylation sites is 1. The predicted molar refractivity (Wildman–Crippen MR) is 74.0 cm³/mol. The number of anilines is 1. The van der Waals surface area contributed by atoms with Crippen molar-refractivity contribution in [3.8, 4) is 0 Å². The average Bonchev–Trinajstić information content (AvgIpc) is 2.46. The standard InChI is InChI=1S/C14H16F3N3O2/c15-14(16,17)10-3-1-2-4-11(10)19-13(22)20-7-5-9(6-8-20)12(18)21/h1-4,9H,5-8H2,(H2,18,21)(H,19,22). The Kier molecular flexibility index (Phi) is 4.58. The summed E-state index contributed by atoms with van der Waals surface area (Å²) in [6.07, 6.45) is -3.70. The molecule has 1 aromatic rings. The molecule has 2 rings (SSSR count). The van der Waals surface area contributed by atoms with E-state index in [4.69, 9.17) is 5.73 Å². The van der Waals surface area contributed by atoms with E-state index in [1.54, 1.807) is 0 Å². The zero-order chi connectivity index (χ0) is 16.3. The van der Waals surface area contributed by atoms with Crippen LogP contribution in [0.1, 0.15) is 18.4 Å². The molecule has 0 unspecified atom stereocenters. The van der Waals surface area contributed by atoms with E-state index in [1.165, 1.54) is 23.1 Å². The minimum Gasteiger partial charge on any atom is -0.369 e. The van der Waals surface area contributed by atoms with Gasteiger partial charge in [0, 0.05) is 19.0 Å². The topological polar surface area (TPSA) is 75.4 Å². The molecule has 0 atom stereocenters. The van der Waals surface area contributed by atoms with Crippen molar-refractivity contribution in [3.05, 3.63) is 29.8 Å². The van der Waals surface area contributed by atoms with E-state index < -0.39 is 23.7 Å². The van der Waals surface area contributed by atoms with Gasteiger partial charge in [-0.3, -0.25) is 4.79 Å². The molecule has 22 heavy (non-hydrogen) atoms. The fourth-order valence-electron chi connectivity index (χ4n) is 2.40. The summed E-state index contributed by atoms with van der Waals surface area (Å²) in [5.74, 6) is -0.700. The van der Waals surface area contributed by atoms with Crippen molar-refractivity contribution in [1.82, 2.24) is 4.90 Å². The highest BCUT2D eigenvalue weighted by Gasteiger charge is 2.34. The number of hydrogen-bond acceptors (Lipinski definition) is 2. The first-order valence-corrected chi connectivity index (χ1v) is 6.80. The largest absolute Gasteiger partial charge is 0.418 e. The molecular formula is C14H16F3N3O2. The Balaban J connectivity index is 2.03. The number of nitrogens with one attached hydrogen (secondary N) is 1. The molecule has 1 aliphatic heterocycles. The number of primary amides is 1. The maximum Gasteiger partial charge on any atom is 0.418 e. The first-order valence-electron chi connectivity index (χ1n) is 6.80. The van der Waals surface area contributed by atoms with Crippen LogP contribution in [-0.4, -0.2) is 29.9 Å². The number of halogens is 3. The summed E-state index contributed by atoms with van der Waals surface area (Å²) in [6, 6.07) is 4.19. The normalized spacial score (nSPS) is 16.4. The molecule has 1 fully saturated rings. The molecule has 0 spiro atoms. The molecule has 8 heteroatoms. The SMILES string of the molecule is NC(=O)C1CCN(C(=O)Nc2ccccc2C(F)(F)F)CC1. The summed E-state index contributed by atoms with van der Waals surface area (Å²) < 4.78 is 38.6. The van der Waals surface area contributed by atoms with Crippen LogP contribution in [0, 0.1) is 5.92 Å². The van der Waals surface area contributed by atoms with Gasteiger partial charge in [-0.2, -0.15) is 13.2 Å². The molecule has 0 bridgehead atoms. The summed E-state index contributed by atoms with van der Waals surface area (Å²) in [6.45, 7) is 0.571. The molecule has 5 nitrogen and oxygen atoms in total. The number of alkyl halides is 3. The van der Waals surface area contributed by atoms with Crippen molar-refractivity contribution in [2.45, 2.75) is 19.0 Å². The minimum absolute atomic E-state index is 0.281. The number of likely N-dealkylation sites (tertiary alicyclic amines) is 1. The number of benzene rings is 1. The number of carbonyl (C=O) groups excluding carboxylic acids is 2. The predicted octanol–water partition coefficient (Wildman–Crippen LogP) is 2.43. The van der Waals surface area contributed by atoms with Gasteiger partial charge in [0.2, 0.25) is 5.91 Å². The summed E-state index contributed by atoms with van der Waals surface area (Å²) in [7, 11) is 0. The number of hydrogen-bond donors (Lipinski definition) is 2. The van der Waals surface area contributed by atoms with E-state index in [1.807, 2.05) is 0 Å². The van der Waals surface area contributed by atoms with Crippen molar-refractivity contribution in [2.24, 2.45) is 11.7 Å². The van der Waals surface area contributed by atoms with Crippen molar-refractivity contribution in [1.29, 1.82) is 0 Å². The number of amides is 3. The molecular weight excluding hydrogens is 299 g/mol. The van der Waals surface area contributed by atoms with Gasteiger partial charge in [0.05, 0.1) is 11.3 Å². The van der Waals surface area contributed by atoms with Crippen LogP contribution in [0.25, 0.3) is 0 Å². The first-order chi connectivity index (χ1) is 10.3. The summed E-state index contributed by atoms with van der Waals surface area (Å²) in [5, 5.41) is 2.28. The molecule has 1 aliphatic rings. The monoisotopic (exact) mass is 315 g/mol. The van der Waals surface area contributed by atoms with Gasteiger partial charge in [0.25, 0.3) is 0 Å². The maximum absolute atomic E-state index is 12.9. The van der Waals surface area contributed by atoms with E-state index >= 15 is 0 Å². The fraction of sp³-hybridized carbons (Fsp3) is 0.429. The second-order valence-electron chi connectivity index (χ2n) is 5.14. The van der Waals surface area contributed by atoms with Crippen LogP contribution in [0.15, 0.2) is 24.3 Å². The Morgan fingerprint density at radius 3 is 2.32 bits per heavy atom. The third kappa shape index (κ3) is 3.69. The highest BCUT2D eigenvalue weighted by molar-refractivity contribution is 5.90. The number of nitrogens with two attached hydrogens (primary N) is 1. The second-order valence-corrected chi connectivity index (χ2v) is 5.14. The Morgan fingerprint density at radius 1 is 1.18 bits per heavy atom. The Morgan fingerprint density at radius 2 is 1.77 bits per heavy atom. The molecule has 1 heterocycles. The van der Waals surface area contributed by atoms with Crippen LogP contribution in [-0.2, 0) is 11.0 Å². The number of rotatable bonds is 2. The van der Waals surface area contributed by atoms with E-state index in [0.717, 1.165) is 6.07 Å². The Bertz CT molecular complexity index is 567. The molecule has 0 aromatic heterocycles. The molecule has 120 valence electrons. The quantitative estimate of drug-likeness (QED) is 0.879. The van der Waals surface area contributed by atoms with Gasteiger partial charge in [0.15, 0.2) is 0 Å². The first kappa shape index (κ1) is 16.1. The molecule has 0 saturated carbocycles. The third-order valence-corrected chi connectivity index (χ3v) is 3.66. The van der Waals surface area contributed by atoms with Gasteiger partial charge in [-0.25, -0.2) is 4.79 Å². The average molecular weight is 315 g/mol. The highest BCUT2D eigenvalue weighted by atomic mass is 19.4. The van der Waals surface area contributed by atoms with Crippen LogP contribution in [0.5, 0.6) is 0 Å². The zero-order valence-corrected chi connectivity index (χ0v) is 11.7. The minimum atomic E-state index is -4.54. The van der Waals surface area contributed by atoms with Crippen LogP contribution < -0.4 is 11.1 Å². The van der Waals surface area contributed by atoms with E-state index in [0.29, 0.717) is 12.8 Å². The summed E-state index contributed by atoms with van der Waals surface area (Å²) >= 11 is 0. The van der Waals surface area contributed by atoms with Crippen molar-refractivity contribution < 1.29 is 22.8 Å². The lowest BCUT2D eigenvalue weighted by molar-refractivity contribution is -0.137. The molecule has 1 aromatic carbocycles.